The van der Waals surface area contributed by atoms with Gasteiger partial charge in [0, 0.05) is 17.5 Å². The van der Waals surface area contributed by atoms with E-state index in [-0.39, 0.29) is 6.03 Å². The molecule has 17 heavy (non-hydrogen) atoms. The van der Waals surface area contributed by atoms with E-state index in [1.165, 1.54) is 6.42 Å². The molecule has 1 fully saturated rings. The summed E-state index contributed by atoms with van der Waals surface area (Å²) < 4.78 is 0. The maximum atomic E-state index is 12.1. The Morgan fingerprint density at radius 2 is 2.18 bits per heavy atom. The van der Waals surface area contributed by atoms with Crippen LogP contribution < -0.4 is 5.32 Å². The van der Waals surface area contributed by atoms with Crippen LogP contribution in [-0.4, -0.2) is 23.5 Å². The normalized spacial score (nSPS) is 20.1. The molecule has 1 atom stereocenters. The number of carbonyl (C=O) groups excluding carboxylic acids is 1. The Hall–Kier alpha value is -1.16. The van der Waals surface area contributed by atoms with Gasteiger partial charge < -0.3 is 10.2 Å². The third-order valence-electron chi connectivity index (χ3n) is 3.21. The lowest BCUT2D eigenvalue weighted by atomic mass is 10.0. The number of nitrogens with zero attached hydrogens (tertiary/aromatic N) is 1. The van der Waals surface area contributed by atoms with E-state index in [1.807, 2.05) is 29.2 Å². The quantitative estimate of drug-likeness (QED) is 0.736. The molecule has 0 aliphatic carbocycles. The van der Waals surface area contributed by atoms with Crippen molar-refractivity contribution in [1.82, 2.24) is 4.90 Å². The third-order valence-corrected chi connectivity index (χ3v) is 3.60. The zero-order chi connectivity index (χ0) is 12.3. The maximum Gasteiger partial charge on any atom is 0.322 e. The van der Waals surface area contributed by atoms with Crippen molar-refractivity contribution in [3.8, 4) is 0 Å². The smallest absolute Gasteiger partial charge is 0.322 e. The van der Waals surface area contributed by atoms with Gasteiger partial charge in [-0.2, -0.15) is 0 Å². The van der Waals surface area contributed by atoms with Crippen LogP contribution in [-0.2, 0) is 0 Å². The molecule has 1 heterocycles. The van der Waals surface area contributed by atoms with Gasteiger partial charge in [0.1, 0.15) is 0 Å². The van der Waals surface area contributed by atoms with Gasteiger partial charge in [0.05, 0.1) is 5.69 Å². The summed E-state index contributed by atoms with van der Waals surface area (Å²) in [5.41, 5.74) is 0.776. The molecule has 1 N–H and O–H groups in total. The number of para-hydroxylation sites is 1. The molecule has 1 aliphatic heterocycles. The fraction of sp³-hybridized carbons (Fsp3) is 0.462. The van der Waals surface area contributed by atoms with E-state index in [9.17, 15) is 4.79 Å². The van der Waals surface area contributed by atoms with Gasteiger partial charge in [0.15, 0.2) is 0 Å². The molecule has 0 spiro atoms. The minimum absolute atomic E-state index is 0.0151. The fourth-order valence-electron chi connectivity index (χ4n) is 2.17. The molecule has 0 aromatic heterocycles. The Bertz CT molecular complexity index is 408. The van der Waals surface area contributed by atoms with E-state index in [4.69, 9.17) is 0 Å². The number of thiol groups is 1. The minimum atomic E-state index is -0.0151. The number of hydrogen-bond donors (Lipinski definition) is 2. The standard InChI is InChI=1S/C13H18N2OS/c1-10-6-4-5-9-15(10)13(16)14-11-7-2-3-8-12(11)17/h2-3,7-8,10,17H,4-6,9H2,1H3,(H,14,16). The van der Waals surface area contributed by atoms with E-state index < -0.39 is 0 Å². The van der Waals surface area contributed by atoms with Crippen molar-refractivity contribution in [1.29, 1.82) is 0 Å². The Morgan fingerprint density at radius 1 is 1.41 bits per heavy atom. The van der Waals surface area contributed by atoms with E-state index in [0.717, 1.165) is 30.0 Å². The van der Waals surface area contributed by atoms with Gasteiger partial charge in [0.25, 0.3) is 0 Å². The van der Waals surface area contributed by atoms with Gasteiger partial charge in [-0.3, -0.25) is 0 Å². The number of anilines is 1. The van der Waals surface area contributed by atoms with E-state index in [2.05, 4.69) is 24.9 Å². The predicted octanol–water partition coefficient (Wildman–Crippen LogP) is 3.38. The van der Waals surface area contributed by atoms with Crippen molar-refractivity contribution in [3.05, 3.63) is 24.3 Å². The van der Waals surface area contributed by atoms with Crippen molar-refractivity contribution in [2.45, 2.75) is 37.1 Å². The zero-order valence-electron chi connectivity index (χ0n) is 10.0. The van der Waals surface area contributed by atoms with Crippen LogP contribution in [0.15, 0.2) is 29.2 Å². The molecule has 0 bridgehead atoms. The molecule has 1 unspecified atom stereocenters. The molecule has 1 saturated heterocycles. The van der Waals surface area contributed by atoms with Crippen molar-refractivity contribution in [3.63, 3.8) is 0 Å². The van der Waals surface area contributed by atoms with E-state index >= 15 is 0 Å². The summed E-state index contributed by atoms with van der Waals surface area (Å²) in [7, 11) is 0. The first kappa shape index (κ1) is 12.3. The number of hydrogen-bond acceptors (Lipinski definition) is 2. The van der Waals surface area contributed by atoms with Gasteiger partial charge >= 0.3 is 6.03 Å². The molecule has 0 saturated carbocycles. The molecule has 4 heteroatoms. The molecule has 0 radical (unpaired) electrons. The van der Waals surface area contributed by atoms with Gasteiger partial charge in [-0.1, -0.05) is 12.1 Å². The number of likely N-dealkylation sites (tertiary alicyclic amines) is 1. The van der Waals surface area contributed by atoms with Crippen LogP contribution in [0.2, 0.25) is 0 Å². The second kappa shape index (κ2) is 5.45. The fourth-order valence-corrected chi connectivity index (χ4v) is 2.38. The molecule has 2 amide bonds. The average Bonchev–Trinajstić information content (AvgIpc) is 2.32. The summed E-state index contributed by atoms with van der Waals surface area (Å²) in [5.74, 6) is 0. The highest BCUT2D eigenvalue weighted by Gasteiger charge is 2.23. The van der Waals surface area contributed by atoms with Crippen molar-refractivity contribution < 1.29 is 4.79 Å². The summed E-state index contributed by atoms with van der Waals surface area (Å²) in [6, 6.07) is 7.86. The molecule has 3 nitrogen and oxygen atoms in total. The summed E-state index contributed by atoms with van der Waals surface area (Å²) in [6.45, 7) is 2.95. The molecular weight excluding hydrogens is 232 g/mol. The lowest BCUT2D eigenvalue weighted by Crippen LogP contribution is -2.44. The predicted molar refractivity (Wildman–Crippen MR) is 72.7 cm³/mol. The van der Waals surface area contributed by atoms with Crippen LogP contribution in [0.3, 0.4) is 0 Å². The summed E-state index contributed by atoms with van der Waals surface area (Å²) in [5, 5.41) is 2.92. The first-order valence-corrected chi connectivity index (χ1v) is 6.49. The Morgan fingerprint density at radius 3 is 2.88 bits per heavy atom. The van der Waals surface area contributed by atoms with Gasteiger partial charge in [-0.15, -0.1) is 12.6 Å². The number of rotatable bonds is 1. The first-order chi connectivity index (χ1) is 8.18. The number of nitrogens with one attached hydrogen (secondary N) is 1. The van der Waals surface area contributed by atoms with Gasteiger partial charge in [-0.05, 0) is 38.3 Å². The maximum absolute atomic E-state index is 12.1. The zero-order valence-corrected chi connectivity index (χ0v) is 10.9. The Balaban J connectivity index is 2.03. The molecule has 1 aliphatic rings. The largest absolute Gasteiger partial charge is 0.322 e. The first-order valence-electron chi connectivity index (χ1n) is 6.04. The number of amides is 2. The number of benzene rings is 1. The lowest BCUT2D eigenvalue weighted by Gasteiger charge is -2.33. The third kappa shape index (κ3) is 2.94. The Kier molecular flexibility index (Phi) is 3.94. The summed E-state index contributed by atoms with van der Waals surface area (Å²) in [6.07, 6.45) is 3.41. The van der Waals surface area contributed by atoms with E-state index in [1.54, 1.807) is 0 Å². The van der Waals surface area contributed by atoms with Crippen LogP contribution in [0.1, 0.15) is 26.2 Å². The van der Waals surface area contributed by atoms with Gasteiger partial charge in [-0.25, -0.2) is 4.79 Å². The van der Waals surface area contributed by atoms with Crippen LogP contribution in [0.25, 0.3) is 0 Å². The summed E-state index contributed by atoms with van der Waals surface area (Å²) in [4.78, 5) is 14.8. The second-order valence-electron chi connectivity index (χ2n) is 4.49. The number of piperidine rings is 1. The topological polar surface area (TPSA) is 32.3 Å². The van der Waals surface area contributed by atoms with Crippen molar-refractivity contribution >= 4 is 24.3 Å². The minimum Gasteiger partial charge on any atom is -0.322 e. The highest BCUT2D eigenvalue weighted by molar-refractivity contribution is 7.80. The molecule has 2 rings (SSSR count). The lowest BCUT2D eigenvalue weighted by molar-refractivity contribution is 0.170. The number of carbonyl (C=O) groups is 1. The van der Waals surface area contributed by atoms with Crippen LogP contribution in [0.5, 0.6) is 0 Å². The van der Waals surface area contributed by atoms with Crippen LogP contribution in [0.4, 0.5) is 10.5 Å². The Labute approximate surface area is 108 Å². The van der Waals surface area contributed by atoms with Crippen LogP contribution in [0, 0.1) is 0 Å². The average molecular weight is 250 g/mol. The summed E-state index contributed by atoms with van der Waals surface area (Å²) >= 11 is 4.33. The monoisotopic (exact) mass is 250 g/mol. The van der Waals surface area contributed by atoms with Crippen LogP contribution >= 0.6 is 12.6 Å². The molecule has 92 valence electrons. The molecular formula is C13H18N2OS. The SMILES string of the molecule is CC1CCCCN1C(=O)Nc1ccccc1S. The van der Waals surface area contributed by atoms with Crippen molar-refractivity contribution in [2.75, 3.05) is 11.9 Å². The highest BCUT2D eigenvalue weighted by atomic mass is 32.1. The second-order valence-corrected chi connectivity index (χ2v) is 4.97. The molecule has 1 aromatic carbocycles. The number of urea groups is 1. The van der Waals surface area contributed by atoms with Gasteiger partial charge in [0.2, 0.25) is 0 Å². The highest BCUT2D eigenvalue weighted by Crippen LogP contribution is 2.21. The van der Waals surface area contributed by atoms with E-state index in [0.29, 0.717) is 6.04 Å². The van der Waals surface area contributed by atoms with Crippen molar-refractivity contribution in [2.24, 2.45) is 0 Å². The molecule has 1 aromatic rings.